The molecule has 0 saturated carbocycles. The van der Waals surface area contributed by atoms with Gasteiger partial charge in [0.2, 0.25) is 0 Å². The Labute approximate surface area is 112 Å². The van der Waals surface area contributed by atoms with Gasteiger partial charge in [-0.1, -0.05) is 11.6 Å². The van der Waals surface area contributed by atoms with Crippen LogP contribution in [0.25, 0.3) is 0 Å². The number of morpholine rings is 1. The molecule has 3 heterocycles. The molecular formula is C13H18ClN3O. The van der Waals surface area contributed by atoms with Gasteiger partial charge in [0.1, 0.15) is 5.82 Å². The first-order valence-corrected chi connectivity index (χ1v) is 6.91. The van der Waals surface area contributed by atoms with Gasteiger partial charge in [-0.05, 0) is 31.5 Å². The lowest BCUT2D eigenvalue weighted by Gasteiger charge is -2.35. The van der Waals surface area contributed by atoms with E-state index in [0.717, 1.165) is 25.5 Å². The van der Waals surface area contributed by atoms with Crippen LogP contribution in [0.2, 0.25) is 5.02 Å². The Morgan fingerprint density at radius 3 is 3.39 bits per heavy atom. The van der Waals surface area contributed by atoms with E-state index in [9.17, 15) is 0 Å². The molecule has 1 N–H and O–H groups in total. The van der Waals surface area contributed by atoms with Crippen molar-refractivity contribution in [3.63, 3.8) is 0 Å². The molecule has 1 aromatic heterocycles. The second-order valence-corrected chi connectivity index (χ2v) is 5.37. The SMILES string of the molecule is Clc1cccnc1NCC1CN2CCCC2CO1. The van der Waals surface area contributed by atoms with E-state index in [0.29, 0.717) is 11.1 Å². The molecule has 2 aliphatic heterocycles. The normalized spacial score (nSPS) is 28.1. The van der Waals surface area contributed by atoms with Crippen LogP contribution in [0.4, 0.5) is 5.82 Å². The molecule has 98 valence electrons. The Bertz CT molecular complexity index is 415. The quantitative estimate of drug-likeness (QED) is 0.909. The number of aromatic nitrogens is 1. The Kier molecular flexibility index (Phi) is 3.68. The van der Waals surface area contributed by atoms with Crippen LogP contribution in [0.1, 0.15) is 12.8 Å². The number of pyridine rings is 1. The molecule has 0 spiro atoms. The molecule has 2 atom stereocenters. The smallest absolute Gasteiger partial charge is 0.144 e. The number of ether oxygens (including phenoxy) is 1. The van der Waals surface area contributed by atoms with E-state index in [2.05, 4.69) is 15.2 Å². The van der Waals surface area contributed by atoms with Gasteiger partial charge in [0.15, 0.2) is 0 Å². The van der Waals surface area contributed by atoms with Crippen molar-refractivity contribution in [3.05, 3.63) is 23.4 Å². The van der Waals surface area contributed by atoms with Crippen LogP contribution in [0.15, 0.2) is 18.3 Å². The fourth-order valence-electron chi connectivity index (χ4n) is 2.74. The molecule has 2 fully saturated rings. The molecule has 1 aromatic rings. The van der Waals surface area contributed by atoms with Crippen LogP contribution in [-0.4, -0.2) is 48.3 Å². The first-order chi connectivity index (χ1) is 8.83. The largest absolute Gasteiger partial charge is 0.373 e. The van der Waals surface area contributed by atoms with Crippen molar-refractivity contribution >= 4 is 17.4 Å². The summed E-state index contributed by atoms with van der Waals surface area (Å²) < 4.78 is 5.88. The Morgan fingerprint density at radius 2 is 2.50 bits per heavy atom. The summed E-state index contributed by atoms with van der Waals surface area (Å²) in [6.45, 7) is 3.86. The Morgan fingerprint density at radius 1 is 1.56 bits per heavy atom. The first kappa shape index (κ1) is 12.2. The summed E-state index contributed by atoms with van der Waals surface area (Å²) in [5.74, 6) is 0.742. The second kappa shape index (κ2) is 5.43. The summed E-state index contributed by atoms with van der Waals surface area (Å²) in [4.78, 5) is 6.75. The topological polar surface area (TPSA) is 37.4 Å². The number of anilines is 1. The Hall–Kier alpha value is -0.840. The van der Waals surface area contributed by atoms with Gasteiger partial charge in [0, 0.05) is 25.3 Å². The molecular weight excluding hydrogens is 250 g/mol. The van der Waals surface area contributed by atoms with Gasteiger partial charge in [-0.3, -0.25) is 4.90 Å². The number of nitrogens with one attached hydrogen (secondary N) is 1. The minimum Gasteiger partial charge on any atom is -0.373 e. The van der Waals surface area contributed by atoms with E-state index in [4.69, 9.17) is 16.3 Å². The zero-order chi connectivity index (χ0) is 12.4. The van der Waals surface area contributed by atoms with E-state index in [1.807, 2.05) is 12.1 Å². The van der Waals surface area contributed by atoms with Gasteiger partial charge < -0.3 is 10.1 Å². The second-order valence-electron chi connectivity index (χ2n) is 4.96. The fourth-order valence-corrected chi connectivity index (χ4v) is 2.92. The summed E-state index contributed by atoms with van der Waals surface area (Å²) in [7, 11) is 0. The van der Waals surface area contributed by atoms with Crippen LogP contribution < -0.4 is 5.32 Å². The average molecular weight is 268 g/mol. The summed E-state index contributed by atoms with van der Waals surface area (Å²) in [6.07, 6.45) is 4.57. The predicted octanol–water partition coefficient (Wildman–Crippen LogP) is 2.01. The monoisotopic (exact) mass is 267 g/mol. The molecule has 2 saturated heterocycles. The van der Waals surface area contributed by atoms with Crippen molar-refractivity contribution in [2.75, 3.05) is 31.6 Å². The third-order valence-electron chi connectivity index (χ3n) is 3.72. The molecule has 0 bridgehead atoms. The van der Waals surface area contributed by atoms with Crippen molar-refractivity contribution in [1.29, 1.82) is 0 Å². The summed E-state index contributed by atoms with van der Waals surface area (Å²) in [6, 6.07) is 4.33. The molecule has 5 heteroatoms. The average Bonchev–Trinajstić information content (AvgIpc) is 2.85. The molecule has 2 aliphatic rings. The summed E-state index contributed by atoms with van der Waals surface area (Å²) in [5.41, 5.74) is 0. The van der Waals surface area contributed by atoms with Gasteiger partial charge in [-0.2, -0.15) is 0 Å². The summed E-state index contributed by atoms with van der Waals surface area (Å²) >= 11 is 6.05. The van der Waals surface area contributed by atoms with Crippen molar-refractivity contribution in [2.24, 2.45) is 0 Å². The lowest BCUT2D eigenvalue weighted by atomic mass is 10.2. The standard InChI is InChI=1S/C13H18ClN3O/c14-12-4-1-5-15-13(12)16-7-11-8-17-6-2-3-10(17)9-18-11/h1,4-5,10-11H,2-3,6-9H2,(H,15,16). The van der Waals surface area contributed by atoms with Crippen LogP contribution in [0.5, 0.6) is 0 Å². The third kappa shape index (κ3) is 2.60. The number of hydrogen-bond donors (Lipinski definition) is 1. The minimum absolute atomic E-state index is 0.234. The van der Waals surface area contributed by atoms with E-state index in [1.54, 1.807) is 6.20 Å². The lowest BCUT2D eigenvalue weighted by Crippen LogP contribution is -2.48. The molecule has 0 radical (unpaired) electrons. The highest BCUT2D eigenvalue weighted by molar-refractivity contribution is 6.32. The van der Waals surface area contributed by atoms with Gasteiger partial charge in [0.05, 0.1) is 17.7 Å². The van der Waals surface area contributed by atoms with Crippen LogP contribution >= 0.6 is 11.6 Å². The van der Waals surface area contributed by atoms with E-state index >= 15 is 0 Å². The van der Waals surface area contributed by atoms with Crippen molar-refractivity contribution in [1.82, 2.24) is 9.88 Å². The molecule has 2 unspecified atom stereocenters. The van der Waals surface area contributed by atoms with Crippen molar-refractivity contribution in [2.45, 2.75) is 25.0 Å². The molecule has 3 rings (SSSR count). The van der Waals surface area contributed by atoms with Gasteiger partial charge in [-0.25, -0.2) is 4.98 Å². The number of halogens is 1. The maximum atomic E-state index is 6.05. The van der Waals surface area contributed by atoms with Crippen LogP contribution in [0, 0.1) is 0 Å². The highest BCUT2D eigenvalue weighted by Gasteiger charge is 2.31. The Balaban J connectivity index is 1.53. The predicted molar refractivity (Wildman–Crippen MR) is 72.1 cm³/mol. The van der Waals surface area contributed by atoms with Gasteiger partial charge in [-0.15, -0.1) is 0 Å². The fraction of sp³-hybridized carbons (Fsp3) is 0.615. The molecule has 0 amide bonds. The van der Waals surface area contributed by atoms with Gasteiger partial charge >= 0.3 is 0 Å². The number of fused-ring (bicyclic) bond motifs is 1. The zero-order valence-electron chi connectivity index (χ0n) is 10.3. The third-order valence-corrected chi connectivity index (χ3v) is 4.02. The number of nitrogens with zero attached hydrogens (tertiary/aromatic N) is 2. The highest BCUT2D eigenvalue weighted by Crippen LogP contribution is 2.23. The van der Waals surface area contributed by atoms with Crippen LogP contribution in [-0.2, 0) is 4.74 Å². The van der Waals surface area contributed by atoms with Crippen LogP contribution in [0.3, 0.4) is 0 Å². The molecule has 4 nitrogen and oxygen atoms in total. The van der Waals surface area contributed by atoms with E-state index < -0.39 is 0 Å². The lowest BCUT2D eigenvalue weighted by molar-refractivity contribution is -0.0416. The molecule has 18 heavy (non-hydrogen) atoms. The summed E-state index contributed by atoms with van der Waals surface area (Å²) in [5, 5.41) is 3.93. The maximum absolute atomic E-state index is 6.05. The minimum atomic E-state index is 0.234. The number of hydrogen-bond acceptors (Lipinski definition) is 4. The van der Waals surface area contributed by atoms with E-state index in [-0.39, 0.29) is 6.10 Å². The highest BCUT2D eigenvalue weighted by atomic mass is 35.5. The zero-order valence-corrected chi connectivity index (χ0v) is 11.1. The molecule has 0 aliphatic carbocycles. The van der Waals surface area contributed by atoms with E-state index in [1.165, 1.54) is 19.4 Å². The van der Waals surface area contributed by atoms with Gasteiger partial charge in [0.25, 0.3) is 0 Å². The number of rotatable bonds is 3. The first-order valence-electron chi connectivity index (χ1n) is 6.53. The van der Waals surface area contributed by atoms with Crippen molar-refractivity contribution < 1.29 is 4.74 Å². The molecule has 0 aromatic carbocycles. The maximum Gasteiger partial charge on any atom is 0.144 e. The van der Waals surface area contributed by atoms with Crippen molar-refractivity contribution in [3.8, 4) is 0 Å².